The lowest BCUT2D eigenvalue weighted by atomic mass is 10.4. The summed E-state index contributed by atoms with van der Waals surface area (Å²) in [7, 11) is 5.32. The molecule has 0 unspecified atom stereocenters. The maximum Gasteiger partial charge on any atom is 0.329 e. The van der Waals surface area contributed by atoms with Crippen LogP contribution in [-0.4, -0.2) is 30.3 Å². The minimum absolute atomic E-state index is 0.324. The molecule has 2 heterocycles. The third-order valence-electron chi connectivity index (χ3n) is 2.44. The van der Waals surface area contributed by atoms with Crippen LogP contribution in [0.3, 0.4) is 0 Å². The second-order valence-electron chi connectivity index (χ2n) is 3.53. The van der Waals surface area contributed by atoms with Crippen LogP contribution in [0.25, 0.3) is 0 Å². The van der Waals surface area contributed by atoms with Gasteiger partial charge in [-0.2, -0.15) is 0 Å². The van der Waals surface area contributed by atoms with Crippen LogP contribution in [-0.2, 0) is 7.05 Å². The second kappa shape index (κ2) is 2.63. The van der Waals surface area contributed by atoms with Gasteiger partial charge in [0.2, 0.25) is 0 Å². The van der Waals surface area contributed by atoms with Crippen LogP contribution >= 0.6 is 0 Å². The van der Waals surface area contributed by atoms with E-state index in [-0.39, 0.29) is 11.2 Å². The zero-order valence-corrected chi connectivity index (χ0v) is 8.37. The molecule has 0 saturated heterocycles. The summed E-state index contributed by atoms with van der Waals surface area (Å²) in [5.41, 5.74) is -0.152. The average Bonchev–Trinajstić information content (AvgIpc) is 2.38. The predicted octanol–water partition coefficient (Wildman–Crippen LogP) is -1.08. The first-order valence-corrected chi connectivity index (χ1v) is 4.28. The van der Waals surface area contributed by atoms with Crippen molar-refractivity contribution in [1.29, 1.82) is 0 Å². The van der Waals surface area contributed by atoms with Gasteiger partial charge in [-0.3, -0.25) is 14.3 Å². The quantitative estimate of drug-likeness (QED) is 0.573. The molecule has 1 aliphatic heterocycles. The Hall–Kier alpha value is -1.72. The van der Waals surface area contributed by atoms with Crippen molar-refractivity contribution in [3.8, 4) is 0 Å². The van der Waals surface area contributed by atoms with Gasteiger partial charge < -0.3 is 9.80 Å². The summed E-state index contributed by atoms with van der Waals surface area (Å²) in [6.45, 7) is 0.621. The van der Waals surface area contributed by atoms with Gasteiger partial charge in [-0.15, -0.1) is 0 Å². The molecule has 0 radical (unpaired) electrons. The van der Waals surface area contributed by atoms with Crippen LogP contribution < -0.4 is 21.0 Å². The number of fused-ring (bicyclic) bond motifs is 1. The van der Waals surface area contributed by atoms with Crippen molar-refractivity contribution in [2.45, 2.75) is 0 Å². The predicted molar refractivity (Wildman–Crippen MR) is 54.0 cm³/mol. The molecule has 6 nitrogen and oxygen atoms in total. The van der Waals surface area contributed by atoms with Gasteiger partial charge in [0, 0.05) is 21.1 Å². The van der Waals surface area contributed by atoms with E-state index in [1.165, 1.54) is 4.57 Å². The smallest absolute Gasteiger partial charge is 0.329 e. The number of rotatable bonds is 0. The highest BCUT2D eigenvalue weighted by Crippen LogP contribution is 2.27. The summed E-state index contributed by atoms with van der Waals surface area (Å²) in [5, 5.41) is 0. The molecule has 1 aliphatic rings. The first-order valence-electron chi connectivity index (χ1n) is 4.28. The Morgan fingerprint density at radius 3 is 2.43 bits per heavy atom. The normalized spacial score (nSPS) is 14.8. The summed E-state index contributed by atoms with van der Waals surface area (Å²) in [4.78, 5) is 28.8. The van der Waals surface area contributed by atoms with Crippen LogP contribution in [0.5, 0.6) is 0 Å². The van der Waals surface area contributed by atoms with E-state index in [1.54, 1.807) is 7.05 Å². The highest BCUT2D eigenvalue weighted by molar-refractivity contribution is 5.70. The van der Waals surface area contributed by atoms with Crippen LogP contribution in [0.1, 0.15) is 0 Å². The molecule has 1 N–H and O–H groups in total. The van der Waals surface area contributed by atoms with Gasteiger partial charge in [0.05, 0.1) is 6.67 Å². The molecule has 0 spiro atoms. The first-order chi connectivity index (χ1) is 6.52. The fourth-order valence-corrected chi connectivity index (χ4v) is 1.83. The fourth-order valence-electron chi connectivity index (χ4n) is 1.83. The fraction of sp³-hybridized carbons (Fsp3) is 0.500. The van der Waals surface area contributed by atoms with Crippen molar-refractivity contribution in [3.05, 3.63) is 20.8 Å². The van der Waals surface area contributed by atoms with Gasteiger partial charge in [0.25, 0.3) is 5.56 Å². The standard InChI is InChI=1S/C8H12N4O2/c1-10-4-11(2)7-5(10)6(13)9-8(14)12(7)3/h4H2,1-3H3,(H,9,13,14). The number of anilines is 2. The maximum absolute atomic E-state index is 11.5. The highest BCUT2D eigenvalue weighted by Gasteiger charge is 2.26. The summed E-state index contributed by atoms with van der Waals surface area (Å²) in [5.74, 6) is 0.668. The molecule has 0 saturated carbocycles. The largest absolute Gasteiger partial charge is 0.349 e. The monoisotopic (exact) mass is 196 g/mol. The molecule has 0 atom stereocenters. The lowest BCUT2D eigenvalue weighted by molar-refractivity contribution is 0.788. The molecule has 0 aromatic carbocycles. The van der Waals surface area contributed by atoms with Gasteiger partial charge in [-0.1, -0.05) is 0 Å². The van der Waals surface area contributed by atoms with Crippen LogP contribution in [0.15, 0.2) is 9.59 Å². The van der Waals surface area contributed by atoms with E-state index in [2.05, 4.69) is 4.98 Å². The lowest BCUT2D eigenvalue weighted by Gasteiger charge is -2.12. The van der Waals surface area contributed by atoms with Crippen molar-refractivity contribution in [3.63, 3.8) is 0 Å². The first kappa shape index (κ1) is 8.86. The van der Waals surface area contributed by atoms with Crippen molar-refractivity contribution in [1.82, 2.24) is 9.55 Å². The third-order valence-corrected chi connectivity index (χ3v) is 2.44. The Kier molecular flexibility index (Phi) is 1.67. The summed E-state index contributed by atoms with van der Waals surface area (Å²) < 4.78 is 1.44. The molecule has 6 heteroatoms. The lowest BCUT2D eigenvalue weighted by Crippen LogP contribution is -2.31. The van der Waals surface area contributed by atoms with E-state index in [0.717, 1.165) is 0 Å². The topological polar surface area (TPSA) is 61.3 Å². The van der Waals surface area contributed by atoms with Crippen LogP contribution in [0.4, 0.5) is 11.5 Å². The number of nitrogens with zero attached hydrogens (tertiary/aromatic N) is 3. The highest BCUT2D eigenvalue weighted by atomic mass is 16.2. The van der Waals surface area contributed by atoms with Gasteiger partial charge in [-0.25, -0.2) is 4.79 Å². The molecule has 0 amide bonds. The van der Waals surface area contributed by atoms with E-state index in [0.29, 0.717) is 18.2 Å². The number of aromatic amines is 1. The van der Waals surface area contributed by atoms with Crippen molar-refractivity contribution in [2.75, 3.05) is 30.6 Å². The number of H-pyrrole nitrogens is 1. The molecule has 0 bridgehead atoms. The molecular formula is C8H12N4O2. The van der Waals surface area contributed by atoms with E-state index in [4.69, 9.17) is 0 Å². The molecule has 0 fully saturated rings. The Labute approximate surface area is 80.4 Å². The van der Waals surface area contributed by atoms with Crippen molar-refractivity contribution >= 4 is 11.5 Å². The second-order valence-corrected chi connectivity index (χ2v) is 3.53. The minimum Gasteiger partial charge on any atom is -0.349 e. The van der Waals surface area contributed by atoms with Crippen LogP contribution in [0.2, 0.25) is 0 Å². The van der Waals surface area contributed by atoms with E-state index in [9.17, 15) is 9.59 Å². The summed E-state index contributed by atoms with van der Waals surface area (Å²) in [6, 6.07) is 0. The third kappa shape index (κ3) is 0.966. The molecule has 0 aliphatic carbocycles. The maximum atomic E-state index is 11.5. The van der Waals surface area contributed by atoms with Gasteiger partial charge in [0.1, 0.15) is 11.5 Å². The molecule has 1 aromatic rings. The molecule has 76 valence electrons. The van der Waals surface area contributed by atoms with Crippen molar-refractivity contribution in [2.24, 2.45) is 7.05 Å². The van der Waals surface area contributed by atoms with Gasteiger partial charge >= 0.3 is 5.69 Å². The summed E-state index contributed by atoms with van der Waals surface area (Å²) >= 11 is 0. The van der Waals surface area contributed by atoms with E-state index >= 15 is 0 Å². The molecule has 1 aromatic heterocycles. The Morgan fingerprint density at radius 2 is 1.79 bits per heavy atom. The zero-order valence-electron chi connectivity index (χ0n) is 8.37. The molecular weight excluding hydrogens is 184 g/mol. The number of nitrogens with one attached hydrogen (secondary N) is 1. The van der Waals surface area contributed by atoms with Gasteiger partial charge in [0.15, 0.2) is 0 Å². The number of hydrogen-bond donors (Lipinski definition) is 1. The van der Waals surface area contributed by atoms with Crippen molar-refractivity contribution < 1.29 is 0 Å². The number of aromatic nitrogens is 2. The Morgan fingerprint density at radius 1 is 1.14 bits per heavy atom. The Bertz CT molecular complexity index is 487. The molecule has 2 rings (SSSR count). The summed E-state index contributed by atoms with van der Waals surface area (Å²) in [6.07, 6.45) is 0. The zero-order chi connectivity index (χ0) is 10.5. The average molecular weight is 196 g/mol. The van der Waals surface area contributed by atoms with E-state index in [1.807, 2.05) is 23.9 Å². The SMILES string of the molecule is CN1CN(C)c2c1c(=O)[nH]c(=O)n2C. The van der Waals surface area contributed by atoms with E-state index < -0.39 is 0 Å². The van der Waals surface area contributed by atoms with Crippen LogP contribution in [0, 0.1) is 0 Å². The van der Waals surface area contributed by atoms with Gasteiger partial charge in [-0.05, 0) is 0 Å². The molecule has 14 heavy (non-hydrogen) atoms. The Balaban J connectivity index is 2.86. The number of hydrogen-bond acceptors (Lipinski definition) is 4. The minimum atomic E-state index is -0.379.